The van der Waals surface area contributed by atoms with Gasteiger partial charge in [0.15, 0.2) is 23.3 Å². The standard InChI is InChI=1S/C55H37N5/c1-5-17-38(18-6-1)42-25-14-30-47(34-42)53-58-54(48-31-15-26-43(35-48)39-19-7-2-8-20-39)60-55(59-53)49-32-16-28-45(36-49)44-27-13-29-46(33-44)51-37-50(40-21-9-3-10-22-40)56-52(57-51)41-23-11-4-12-24-41/h1-37H. The van der Waals surface area contributed by atoms with Gasteiger partial charge in [-0.3, -0.25) is 0 Å². The Morgan fingerprint density at radius 2 is 0.433 bits per heavy atom. The first-order valence-electron chi connectivity index (χ1n) is 20.0. The Balaban J connectivity index is 1.07. The fourth-order valence-electron chi connectivity index (χ4n) is 7.46. The monoisotopic (exact) mass is 767 g/mol. The summed E-state index contributed by atoms with van der Waals surface area (Å²) in [7, 11) is 0. The van der Waals surface area contributed by atoms with Crippen LogP contribution in [0, 0.1) is 0 Å². The van der Waals surface area contributed by atoms with Crippen LogP contribution < -0.4 is 0 Å². The Kier molecular flexibility index (Phi) is 9.88. The molecule has 0 atom stereocenters. The van der Waals surface area contributed by atoms with E-state index in [2.05, 4.69) is 164 Å². The lowest BCUT2D eigenvalue weighted by Crippen LogP contribution is -2.00. The quantitative estimate of drug-likeness (QED) is 0.146. The van der Waals surface area contributed by atoms with Gasteiger partial charge in [-0.15, -0.1) is 0 Å². The van der Waals surface area contributed by atoms with E-state index >= 15 is 0 Å². The predicted molar refractivity (Wildman–Crippen MR) is 244 cm³/mol. The van der Waals surface area contributed by atoms with E-state index in [9.17, 15) is 0 Å². The number of rotatable bonds is 9. The molecule has 0 radical (unpaired) electrons. The summed E-state index contributed by atoms with van der Waals surface area (Å²) in [5.74, 6) is 2.50. The summed E-state index contributed by atoms with van der Waals surface area (Å²) in [5.41, 5.74) is 14.0. The molecule has 2 heterocycles. The van der Waals surface area contributed by atoms with Gasteiger partial charge in [0.2, 0.25) is 0 Å². The van der Waals surface area contributed by atoms with Gasteiger partial charge in [0.05, 0.1) is 11.4 Å². The Morgan fingerprint density at radius 3 is 0.850 bits per heavy atom. The van der Waals surface area contributed by atoms with Crippen molar-refractivity contribution in [2.75, 3.05) is 0 Å². The smallest absolute Gasteiger partial charge is 0.164 e. The Hall–Kier alpha value is -8.15. The highest BCUT2D eigenvalue weighted by Gasteiger charge is 2.16. The molecule has 0 unspecified atom stereocenters. The fraction of sp³-hybridized carbons (Fsp3) is 0. The minimum Gasteiger partial charge on any atom is -0.228 e. The summed E-state index contributed by atoms with van der Waals surface area (Å²) in [5, 5.41) is 0. The molecule has 60 heavy (non-hydrogen) atoms. The highest BCUT2D eigenvalue weighted by Crippen LogP contribution is 2.34. The van der Waals surface area contributed by atoms with Crippen LogP contribution in [0.3, 0.4) is 0 Å². The molecule has 2 aromatic heterocycles. The maximum Gasteiger partial charge on any atom is 0.164 e. The van der Waals surface area contributed by atoms with Gasteiger partial charge in [0.25, 0.3) is 0 Å². The lowest BCUT2D eigenvalue weighted by molar-refractivity contribution is 1.07. The maximum atomic E-state index is 5.15. The zero-order valence-corrected chi connectivity index (χ0v) is 32.6. The van der Waals surface area contributed by atoms with Gasteiger partial charge in [-0.1, -0.05) is 194 Å². The van der Waals surface area contributed by atoms with E-state index in [-0.39, 0.29) is 0 Å². The molecule has 0 spiro atoms. The number of aromatic nitrogens is 5. The van der Waals surface area contributed by atoms with Crippen LogP contribution >= 0.6 is 0 Å². The van der Waals surface area contributed by atoms with Crippen molar-refractivity contribution < 1.29 is 0 Å². The van der Waals surface area contributed by atoms with E-state index in [0.717, 1.165) is 78.1 Å². The molecule has 282 valence electrons. The fourth-order valence-corrected chi connectivity index (χ4v) is 7.46. The van der Waals surface area contributed by atoms with Crippen molar-refractivity contribution in [2.24, 2.45) is 0 Å². The van der Waals surface area contributed by atoms with Gasteiger partial charge in [-0.05, 0) is 63.7 Å². The topological polar surface area (TPSA) is 64.5 Å². The van der Waals surface area contributed by atoms with Crippen LogP contribution in [-0.4, -0.2) is 24.9 Å². The van der Waals surface area contributed by atoms with Crippen LogP contribution in [0.15, 0.2) is 224 Å². The number of hydrogen-bond donors (Lipinski definition) is 0. The Labute approximate surface area is 349 Å². The zero-order valence-electron chi connectivity index (χ0n) is 32.6. The Morgan fingerprint density at radius 1 is 0.167 bits per heavy atom. The second-order valence-electron chi connectivity index (χ2n) is 14.6. The first-order chi connectivity index (χ1) is 29.7. The third-order valence-corrected chi connectivity index (χ3v) is 10.5. The van der Waals surface area contributed by atoms with Gasteiger partial charge < -0.3 is 0 Å². The third-order valence-electron chi connectivity index (χ3n) is 10.5. The highest BCUT2D eigenvalue weighted by atomic mass is 15.0. The van der Waals surface area contributed by atoms with E-state index in [1.54, 1.807) is 0 Å². The van der Waals surface area contributed by atoms with E-state index in [1.165, 1.54) is 0 Å². The van der Waals surface area contributed by atoms with Gasteiger partial charge in [-0.25, -0.2) is 24.9 Å². The summed E-state index contributed by atoms with van der Waals surface area (Å²) < 4.78 is 0. The third kappa shape index (κ3) is 7.76. The summed E-state index contributed by atoms with van der Waals surface area (Å²) in [6.45, 7) is 0. The summed E-state index contributed by atoms with van der Waals surface area (Å²) in [6, 6.07) is 77.0. The molecule has 0 aliphatic carbocycles. The predicted octanol–water partition coefficient (Wildman–Crippen LogP) is 13.7. The lowest BCUT2D eigenvalue weighted by atomic mass is 9.99. The normalized spacial score (nSPS) is 11.0. The molecule has 8 aromatic carbocycles. The minimum absolute atomic E-state index is 0.596. The summed E-state index contributed by atoms with van der Waals surface area (Å²) in [4.78, 5) is 25.5. The van der Waals surface area contributed by atoms with Crippen molar-refractivity contribution in [3.63, 3.8) is 0 Å². The molecule has 0 aliphatic heterocycles. The first-order valence-corrected chi connectivity index (χ1v) is 20.0. The molecule has 5 nitrogen and oxygen atoms in total. The van der Waals surface area contributed by atoms with E-state index in [4.69, 9.17) is 24.9 Å². The first kappa shape index (κ1) is 36.2. The molecule has 0 bridgehead atoms. The summed E-state index contributed by atoms with van der Waals surface area (Å²) in [6.07, 6.45) is 0. The number of benzene rings is 8. The van der Waals surface area contributed by atoms with Crippen molar-refractivity contribution in [1.29, 1.82) is 0 Å². The second kappa shape index (κ2) is 16.4. The molecule has 10 rings (SSSR count). The molecule has 0 aliphatic rings. The maximum absolute atomic E-state index is 5.15. The number of nitrogens with zero attached hydrogens (tertiary/aromatic N) is 5. The number of hydrogen-bond acceptors (Lipinski definition) is 5. The van der Waals surface area contributed by atoms with Gasteiger partial charge in [0, 0.05) is 33.4 Å². The van der Waals surface area contributed by atoms with E-state index < -0.39 is 0 Å². The van der Waals surface area contributed by atoms with Crippen molar-refractivity contribution in [2.45, 2.75) is 0 Å². The van der Waals surface area contributed by atoms with E-state index in [1.807, 2.05) is 60.7 Å². The van der Waals surface area contributed by atoms with Gasteiger partial charge in [-0.2, -0.15) is 0 Å². The van der Waals surface area contributed by atoms with E-state index in [0.29, 0.717) is 23.3 Å². The van der Waals surface area contributed by atoms with Crippen molar-refractivity contribution in [1.82, 2.24) is 24.9 Å². The second-order valence-corrected chi connectivity index (χ2v) is 14.6. The zero-order chi connectivity index (χ0) is 40.1. The van der Waals surface area contributed by atoms with Crippen LogP contribution in [0.4, 0.5) is 0 Å². The van der Waals surface area contributed by atoms with Gasteiger partial charge in [0.1, 0.15) is 0 Å². The molecular formula is C55H37N5. The molecule has 5 heteroatoms. The minimum atomic E-state index is 0.596. The van der Waals surface area contributed by atoms with Crippen LogP contribution in [0.5, 0.6) is 0 Å². The Bertz CT molecular complexity index is 2920. The highest BCUT2D eigenvalue weighted by molar-refractivity contribution is 5.79. The SMILES string of the molecule is c1ccc(-c2cccc(-c3nc(-c4cccc(-c5ccccc5)c4)nc(-c4cccc(-c5cccc(-c6cc(-c7ccccc7)nc(-c7ccccc7)n6)c5)c4)n3)c2)cc1. The average molecular weight is 768 g/mol. The van der Waals surface area contributed by atoms with Crippen molar-refractivity contribution in [3.05, 3.63) is 224 Å². The molecular weight excluding hydrogens is 731 g/mol. The van der Waals surface area contributed by atoms with Crippen LogP contribution in [0.2, 0.25) is 0 Å². The van der Waals surface area contributed by atoms with Crippen LogP contribution in [-0.2, 0) is 0 Å². The average Bonchev–Trinajstić information content (AvgIpc) is 3.35. The largest absolute Gasteiger partial charge is 0.228 e. The molecule has 0 saturated heterocycles. The summed E-state index contributed by atoms with van der Waals surface area (Å²) >= 11 is 0. The molecule has 0 fully saturated rings. The molecule has 10 aromatic rings. The van der Waals surface area contributed by atoms with Crippen LogP contribution in [0.25, 0.3) is 101 Å². The lowest BCUT2D eigenvalue weighted by Gasteiger charge is -2.12. The van der Waals surface area contributed by atoms with Crippen molar-refractivity contribution in [3.8, 4) is 101 Å². The molecule has 0 N–H and O–H groups in total. The van der Waals surface area contributed by atoms with Gasteiger partial charge >= 0.3 is 0 Å². The molecule has 0 saturated carbocycles. The van der Waals surface area contributed by atoms with Crippen molar-refractivity contribution >= 4 is 0 Å². The molecule has 0 amide bonds. The van der Waals surface area contributed by atoms with Crippen LogP contribution in [0.1, 0.15) is 0 Å².